The van der Waals surface area contributed by atoms with Gasteiger partial charge in [-0.1, -0.05) is 48.0 Å². The number of nitrogens with zero attached hydrogens (tertiary/aromatic N) is 3. The number of fused-ring (bicyclic) bond motifs is 4. The molecule has 34 heavy (non-hydrogen) atoms. The Morgan fingerprint density at radius 1 is 1.00 bits per heavy atom. The zero-order chi connectivity index (χ0) is 23.1. The van der Waals surface area contributed by atoms with Crippen molar-refractivity contribution >= 4 is 5.71 Å². The third-order valence-electron chi connectivity index (χ3n) is 7.46. The van der Waals surface area contributed by atoms with Crippen molar-refractivity contribution in [2.45, 2.75) is 44.5 Å². The molecule has 0 N–H and O–H groups in total. The summed E-state index contributed by atoms with van der Waals surface area (Å²) >= 11 is 0. The Balaban J connectivity index is 1.30. The lowest BCUT2D eigenvalue weighted by molar-refractivity contribution is -0.150. The maximum Gasteiger partial charge on any atom is 0.200 e. The third kappa shape index (κ3) is 3.74. The van der Waals surface area contributed by atoms with Crippen LogP contribution in [0.25, 0.3) is 0 Å². The molecule has 1 unspecified atom stereocenters. The second kappa shape index (κ2) is 8.48. The predicted octanol–water partition coefficient (Wildman–Crippen LogP) is 5.54. The van der Waals surface area contributed by atoms with Crippen molar-refractivity contribution in [1.82, 2.24) is 9.91 Å². The first-order chi connectivity index (χ1) is 16.6. The number of hydrogen-bond donors (Lipinski definition) is 0. The van der Waals surface area contributed by atoms with E-state index < -0.39 is 5.72 Å². The van der Waals surface area contributed by atoms with Crippen molar-refractivity contribution in [2.24, 2.45) is 5.10 Å². The molecular weight excluding hydrogens is 422 g/mol. The molecule has 5 nitrogen and oxygen atoms in total. The summed E-state index contributed by atoms with van der Waals surface area (Å²) in [6, 6.07) is 25.8. The lowest BCUT2D eigenvalue weighted by Gasteiger charge is -2.51. The largest absolute Gasteiger partial charge is 0.497 e. The van der Waals surface area contributed by atoms with E-state index in [9.17, 15) is 0 Å². The molecule has 1 spiro atoms. The van der Waals surface area contributed by atoms with Crippen molar-refractivity contribution in [3.63, 3.8) is 0 Å². The molecule has 3 heterocycles. The van der Waals surface area contributed by atoms with E-state index in [1.54, 1.807) is 7.11 Å². The maximum absolute atomic E-state index is 6.82. The topological polar surface area (TPSA) is 37.3 Å². The highest BCUT2D eigenvalue weighted by Crippen LogP contribution is 2.50. The van der Waals surface area contributed by atoms with Gasteiger partial charge in [-0.2, -0.15) is 5.10 Å². The van der Waals surface area contributed by atoms with Crippen LogP contribution >= 0.6 is 0 Å². The van der Waals surface area contributed by atoms with Crippen LogP contribution in [0.15, 0.2) is 77.9 Å². The van der Waals surface area contributed by atoms with Gasteiger partial charge in [-0.15, -0.1) is 0 Å². The van der Waals surface area contributed by atoms with Gasteiger partial charge in [0.25, 0.3) is 0 Å². The number of hydrazone groups is 1. The van der Waals surface area contributed by atoms with Crippen LogP contribution in [0.3, 0.4) is 0 Å². The van der Waals surface area contributed by atoms with Gasteiger partial charge in [0, 0.05) is 44.5 Å². The molecule has 5 heteroatoms. The van der Waals surface area contributed by atoms with E-state index in [1.807, 2.05) is 12.1 Å². The number of likely N-dealkylation sites (tertiary alicyclic amines) is 1. The summed E-state index contributed by atoms with van der Waals surface area (Å²) in [5.74, 6) is 1.89. The van der Waals surface area contributed by atoms with Crippen LogP contribution in [0.2, 0.25) is 0 Å². The van der Waals surface area contributed by atoms with E-state index in [0.29, 0.717) is 0 Å². The number of ether oxygens (including phenoxy) is 2. The van der Waals surface area contributed by atoms with Gasteiger partial charge in [-0.05, 0) is 48.4 Å². The van der Waals surface area contributed by atoms with Gasteiger partial charge in [0.15, 0.2) is 0 Å². The van der Waals surface area contributed by atoms with Crippen molar-refractivity contribution in [2.75, 3.05) is 20.2 Å². The van der Waals surface area contributed by atoms with E-state index in [-0.39, 0.29) is 6.04 Å². The Morgan fingerprint density at radius 2 is 1.76 bits per heavy atom. The monoisotopic (exact) mass is 453 g/mol. The molecule has 1 fully saturated rings. The molecule has 3 aliphatic heterocycles. The molecule has 0 aliphatic carbocycles. The summed E-state index contributed by atoms with van der Waals surface area (Å²) in [6.45, 7) is 5.12. The average molecular weight is 454 g/mol. The molecule has 6 rings (SSSR count). The molecule has 3 aliphatic rings. The van der Waals surface area contributed by atoms with Crippen molar-refractivity contribution in [3.05, 3.63) is 95.1 Å². The minimum absolute atomic E-state index is 0.210. The fourth-order valence-corrected chi connectivity index (χ4v) is 5.59. The Hall–Kier alpha value is -3.31. The fourth-order valence-electron chi connectivity index (χ4n) is 5.59. The van der Waals surface area contributed by atoms with Gasteiger partial charge in [-0.25, -0.2) is 5.01 Å². The van der Waals surface area contributed by atoms with E-state index in [1.165, 1.54) is 16.7 Å². The zero-order valence-electron chi connectivity index (χ0n) is 19.9. The Morgan fingerprint density at radius 3 is 2.50 bits per heavy atom. The molecule has 174 valence electrons. The predicted molar refractivity (Wildman–Crippen MR) is 134 cm³/mol. The number of methoxy groups -OCH3 is 1. The number of aryl methyl sites for hydroxylation is 1. The highest BCUT2D eigenvalue weighted by molar-refractivity contribution is 6.02. The van der Waals surface area contributed by atoms with Crippen LogP contribution in [-0.4, -0.2) is 41.5 Å². The molecular formula is C29H31N3O2. The van der Waals surface area contributed by atoms with Gasteiger partial charge in [0.1, 0.15) is 11.5 Å². The van der Waals surface area contributed by atoms with E-state index >= 15 is 0 Å². The van der Waals surface area contributed by atoms with Gasteiger partial charge in [0.2, 0.25) is 5.72 Å². The normalized spacial score (nSPS) is 20.9. The molecule has 0 aromatic heterocycles. The van der Waals surface area contributed by atoms with Crippen LogP contribution < -0.4 is 9.47 Å². The fraction of sp³-hybridized carbons (Fsp3) is 0.345. The number of rotatable bonds is 4. The van der Waals surface area contributed by atoms with Crippen molar-refractivity contribution in [3.8, 4) is 11.5 Å². The molecule has 3 aromatic rings. The van der Waals surface area contributed by atoms with Gasteiger partial charge in [-0.3, -0.25) is 4.90 Å². The second-order valence-electron chi connectivity index (χ2n) is 9.69. The first-order valence-corrected chi connectivity index (χ1v) is 12.2. The highest BCUT2D eigenvalue weighted by Gasteiger charge is 2.51. The van der Waals surface area contributed by atoms with E-state index in [0.717, 1.165) is 61.7 Å². The summed E-state index contributed by atoms with van der Waals surface area (Å²) in [4.78, 5) is 2.54. The third-order valence-corrected chi connectivity index (χ3v) is 7.46. The number of benzene rings is 3. The summed E-state index contributed by atoms with van der Waals surface area (Å²) in [5.41, 5.74) is 5.76. The molecule has 0 bridgehead atoms. The lowest BCUT2D eigenvalue weighted by atomic mass is 9.90. The first-order valence-electron chi connectivity index (χ1n) is 12.2. The quantitative estimate of drug-likeness (QED) is 0.520. The number of piperidine rings is 1. The van der Waals surface area contributed by atoms with Gasteiger partial charge >= 0.3 is 0 Å². The van der Waals surface area contributed by atoms with Crippen molar-refractivity contribution in [1.29, 1.82) is 0 Å². The zero-order valence-corrected chi connectivity index (χ0v) is 19.9. The summed E-state index contributed by atoms with van der Waals surface area (Å²) in [6.07, 6.45) is 2.76. The lowest BCUT2D eigenvalue weighted by Crippen LogP contribution is -2.59. The van der Waals surface area contributed by atoms with Crippen LogP contribution in [0, 0.1) is 6.92 Å². The average Bonchev–Trinajstić information content (AvgIpc) is 3.34. The van der Waals surface area contributed by atoms with Crippen LogP contribution in [0.4, 0.5) is 0 Å². The summed E-state index contributed by atoms with van der Waals surface area (Å²) < 4.78 is 12.2. The minimum atomic E-state index is -0.395. The SMILES string of the molecule is COc1ccc(C2=NN3C(C2)c2cc(C)ccc2OC32CCN(Cc3ccccc3)CC2)cc1. The highest BCUT2D eigenvalue weighted by atomic mass is 16.5. The van der Waals surface area contributed by atoms with Crippen LogP contribution in [-0.2, 0) is 6.54 Å². The Kier molecular flexibility index (Phi) is 5.30. The first kappa shape index (κ1) is 21.2. The Labute approximate surface area is 201 Å². The van der Waals surface area contributed by atoms with E-state index in [2.05, 4.69) is 77.5 Å². The molecule has 1 atom stereocenters. The maximum atomic E-state index is 6.82. The molecule has 0 amide bonds. The second-order valence-corrected chi connectivity index (χ2v) is 9.69. The van der Waals surface area contributed by atoms with Crippen LogP contribution in [0.1, 0.15) is 47.6 Å². The summed E-state index contributed by atoms with van der Waals surface area (Å²) in [7, 11) is 1.70. The van der Waals surface area contributed by atoms with Crippen LogP contribution in [0.5, 0.6) is 11.5 Å². The molecule has 0 saturated carbocycles. The standard InChI is InChI=1S/C29H31N3O2/c1-21-8-13-28-25(18-21)27-19-26(23-9-11-24(33-2)12-10-23)30-32(27)29(34-28)14-16-31(17-15-29)20-22-6-4-3-5-7-22/h3-13,18,27H,14-17,19-20H2,1-2H3. The minimum Gasteiger partial charge on any atom is -0.497 e. The Bertz CT molecular complexity index is 1200. The number of hydrogen-bond acceptors (Lipinski definition) is 5. The molecule has 0 radical (unpaired) electrons. The summed E-state index contributed by atoms with van der Waals surface area (Å²) in [5, 5.41) is 7.52. The van der Waals surface area contributed by atoms with Crippen molar-refractivity contribution < 1.29 is 9.47 Å². The molecule has 3 aromatic carbocycles. The van der Waals surface area contributed by atoms with Gasteiger partial charge < -0.3 is 9.47 Å². The smallest absolute Gasteiger partial charge is 0.200 e. The molecule has 1 saturated heterocycles. The van der Waals surface area contributed by atoms with E-state index in [4.69, 9.17) is 14.6 Å². The van der Waals surface area contributed by atoms with Gasteiger partial charge in [0.05, 0.1) is 18.9 Å².